The molecule has 4 bridgehead atoms. The van der Waals surface area contributed by atoms with Gasteiger partial charge in [-0.05, 0) is 86.3 Å². The fourth-order valence-corrected chi connectivity index (χ4v) is 6.82. The van der Waals surface area contributed by atoms with E-state index in [1.807, 2.05) is 12.4 Å². The number of nitrogens with zero attached hydrogens (tertiary/aromatic N) is 2. The third kappa shape index (κ3) is 2.80. The van der Waals surface area contributed by atoms with Crippen LogP contribution >= 0.6 is 0 Å². The van der Waals surface area contributed by atoms with Crippen LogP contribution in [0.1, 0.15) is 69.4 Å². The van der Waals surface area contributed by atoms with Crippen molar-refractivity contribution in [1.82, 2.24) is 9.88 Å². The highest BCUT2D eigenvalue weighted by molar-refractivity contribution is 5.80. The molecule has 1 atom stereocenters. The first-order chi connectivity index (χ1) is 12.3. The van der Waals surface area contributed by atoms with Crippen LogP contribution in [-0.2, 0) is 4.79 Å². The van der Waals surface area contributed by atoms with Gasteiger partial charge in [0.1, 0.15) is 0 Å². The molecule has 0 radical (unpaired) electrons. The van der Waals surface area contributed by atoms with E-state index in [9.17, 15) is 4.79 Å². The second-order valence-corrected chi connectivity index (χ2v) is 9.13. The van der Waals surface area contributed by atoms with Gasteiger partial charge < -0.3 is 4.90 Å². The summed E-state index contributed by atoms with van der Waals surface area (Å²) in [5.41, 5.74) is 1.29. The Morgan fingerprint density at radius 3 is 2.28 bits per heavy atom. The molecule has 1 aliphatic heterocycles. The largest absolute Gasteiger partial charge is 0.335 e. The maximum Gasteiger partial charge on any atom is 0.226 e. The first kappa shape index (κ1) is 15.8. The molecule has 5 aliphatic rings. The molecule has 3 nitrogen and oxygen atoms in total. The summed E-state index contributed by atoms with van der Waals surface area (Å²) in [6.45, 7) is 0.953. The Hall–Kier alpha value is -1.38. The van der Waals surface area contributed by atoms with Crippen LogP contribution in [0.4, 0.5) is 0 Å². The van der Waals surface area contributed by atoms with Crippen molar-refractivity contribution in [1.29, 1.82) is 0 Å². The Morgan fingerprint density at radius 1 is 0.920 bits per heavy atom. The minimum atomic E-state index is 0.273. The molecule has 3 heteroatoms. The minimum absolute atomic E-state index is 0.273. The highest BCUT2D eigenvalue weighted by atomic mass is 16.2. The molecular weight excluding hydrogens is 308 g/mol. The first-order valence-electron chi connectivity index (χ1n) is 10.5. The lowest BCUT2D eigenvalue weighted by molar-refractivity contribution is -0.151. The number of carbonyl (C=O) groups is 1. The number of aromatic nitrogens is 1. The van der Waals surface area contributed by atoms with E-state index in [1.165, 1.54) is 56.9 Å². The molecular formula is C22H30N2O. The standard InChI is InChI=1S/C22H30N2O/c25-22(21-18-11-15-10-16(13-18)14-19(21)12-15)24-9-3-1-2-4-20(24)17-5-7-23-8-6-17/h5-8,15-16,18-21H,1-4,9-14H2. The molecule has 1 unspecified atom stereocenters. The summed E-state index contributed by atoms with van der Waals surface area (Å²) in [6.07, 6.45) is 15.3. The Morgan fingerprint density at radius 2 is 1.60 bits per heavy atom. The van der Waals surface area contributed by atoms with E-state index in [-0.39, 0.29) is 6.04 Å². The van der Waals surface area contributed by atoms with Gasteiger partial charge in [-0.15, -0.1) is 0 Å². The minimum Gasteiger partial charge on any atom is -0.335 e. The maximum absolute atomic E-state index is 13.7. The van der Waals surface area contributed by atoms with Crippen LogP contribution in [0.3, 0.4) is 0 Å². The first-order valence-corrected chi connectivity index (χ1v) is 10.5. The van der Waals surface area contributed by atoms with E-state index in [1.54, 1.807) is 0 Å². The zero-order valence-corrected chi connectivity index (χ0v) is 15.1. The zero-order valence-electron chi connectivity index (χ0n) is 15.1. The Kier molecular flexibility index (Phi) is 4.06. The van der Waals surface area contributed by atoms with Crippen molar-refractivity contribution in [3.63, 3.8) is 0 Å². The second-order valence-electron chi connectivity index (χ2n) is 9.13. The lowest BCUT2D eigenvalue weighted by atomic mass is 9.51. The third-order valence-electron chi connectivity index (χ3n) is 7.64. The molecule has 6 rings (SSSR count). The van der Waals surface area contributed by atoms with E-state index < -0.39 is 0 Å². The van der Waals surface area contributed by atoms with Crippen LogP contribution in [0, 0.1) is 29.6 Å². The second kappa shape index (κ2) is 6.41. The fraction of sp³-hybridized carbons (Fsp3) is 0.727. The number of hydrogen-bond donors (Lipinski definition) is 0. The number of pyridine rings is 1. The van der Waals surface area contributed by atoms with Gasteiger partial charge in [0.05, 0.1) is 6.04 Å². The highest BCUT2D eigenvalue weighted by Crippen LogP contribution is 2.57. The normalized spacial score (nSPS) is 40.1. The Bertz CT molecular complexity index is 600. The molecule has 134 valence electrons. The van der Waals surface area contributed by atoms with E-state index in [0.717, 1.165) is 24.8 Å². The molecule has 5 fully saturated rings. The number of carbonyl (C=O) groups excluding carboxylic acids is 1. The van der Waals surface area contributed by atoms with Gasteiger partial charge >= 0.3 is 0 Å². The fourth-order valence-electron chi connectivity index (χ4n) is 6.82. The number of hydrogen-bond acceptors (Lipinski definition) is 2. The lowest BCUT2D eigenvalue weighted by Gasteiger charge is -2.54. The summed E-state index contributed by atoms with van der Waals surface area (Å²) in [5.74, 6) is 4.07. The maximum atomic E-state index is 13.7. The van der Waals surface area contributed by atoms with Crippen molar-refractivity contribution in [2.45, 2.75) is 63.8 Å². The molecule has 0 N–H and O–H groups in total. The topological polar surface area (TPSA) is 33.2 Å². The van der Waals surface area contributed by atoms with Gasteiger partial charge in [0.2, 0.25) is 5.91 Å². The Balaban J connectivity index is 1.42. The summed E-state index contributed by atoms with van der Waals surface area (Å²) in [6, 6.07) is 4.51. The van der Waals surface area contributed by atoms with Gasteiger partial charge in [0.15, 0.2) is 0 Å². The summed E-state index contributed by atoms with van der Waals surface area (Å²) < 4.78 is 0. The summed E-state index contributed by atoms with van der Waals surface area (Å²) in [7, 11) is 0. The molecule has 1 saturated heterocycles. The number of amides is 1. The van der Waals surface area contributed by atoms with Crippen LogP contribution < -0.4 is 0 Å². The molecule has 1 amide bonds. The molecule has 2 heterocycles. The van der Waals surface area contributed by atoms with Crippen LogP contribution in [-0.4, -0.2) is 22.3 Å². The summed E-state index contributed by atoms with van der Waals surface area (Å²) in [5, 5.41) is 0. The van der Waals surface area contributed by atoms with Gasteiger partial charge in [0.25, 0.3) is 0 Å². The third-order valence-corrected chi connectivity index (χ3v) is 7.64. The van der Waals surface area contributed by atoms with Gasteiger partial charge in [-0.3, -0.25) is 9.78 Å². The van der Waals surface area contributed by atoms with E-state index in [4.69, 9.17) is 0 Å². The van der Waals surface area contributed by atoms with Gasteiger partial charge in [-0.25, -0.2) is 0 Å². The van der Waals surface area contributed by atoms with Crippen molar-refractivity contribution < 1.29 is 4.79 Å². The molecule has 1 aromatic rings. The quantitative estimate of drug-likeness (QED) is 0.790. The highest BCUT2D eigenvalue weighted by Gasteiger charge is 2.52. The number of likely N-dealkylation sites (tertiary alicyclic amines) is 1. The summed E-state index contributed by atoms with van der Waals surface area (Å²) in [4.78, 5) is 20.2. The van der Waals surface area contributed by atoms with E-state index in [0.29, 0.717) is 23.7 Å². The smallest absolute Gasteiger partial charge is 0.226 e. The average molecular weight is 338 g/mol. The predicted molar refractivity (Wildman–Crippen MR) is 97.7 cm³/mol. The molecule has 0 spiro atoms. The predicted octanol–water partition coefficient (Wildman–Crippen LogP) is 4.60. The Labute approximate surface area is 151 Å². The van der Waals surface area contributed by atoms with Crippen molar-refractivity contribution in [2.75, 3.05) is 6.54 Å². The molecule has 4 aliphatic carbocycles. The van der Waals surface area contributed by atoms with Gasteiger partial charge in [-0.2, -0.15) is 0 Å². The molecule has 25 heavy (non-hydrogen) atoms. The molecule has 4 saturated carbocycles. The zero-order chi connectivity index (χ0) is 16.8. The van der Waals surface area contributed by atoms with E-state index >= 15 is 0 Å². The van der Waals surface area contributed by atoms with Crippen molar-refractivity contribution in [3.05, 3.63) is 30.1 Å². The molecule has 1 aromatic heterocycles. The molecule has 0 aromatic carbocycles. The average Bonchev–Trinajstić information content (AvgIpc) is 2.87. The van der Waals surface area contributed by atoms with Crippen LogP contribution in [0.5, 0.6) is 0 Å². The van der Waals surface area contributed by atoms with Crippen LogP contribution in [0.2, 0.25) is 0 Å². The SMILES string of the molecule is O=C(C1C2CC3CC(C2)CC1C3)N1CCCCCC1c1ccncc1. The van der Waals surface area contributed by atoms with Gasteiger partial charge in [-0.1, -0.05) is 12.8 Å². The van der Waals surface area contributed by atoms with Crippen LogP contribution in [0.15, 0.2) is 24.5 Å². The monoisotopic (exact) mass is 338 g/mol. The number of rotatable bonds is 2. The summed E-state index contributed by atoms with van der Waals surface area (Å²) >= 11 is 0. The lowest BCUT2D eigenvalue weighted by Crippen LogP contribution is -2.52. The van der Waals surface area contributed by atoms with Gasteiger partial charge in [0, 0.05) is 24.9 Å². The van der Waals surface area contributed by atoms with Crippen molar-refractivity contribution in [3.8, 4) is 0 Å². The van der Waals surface area contributed by atoms with E-state index in [2.05, 4.69) is 22.0 Å². The van der Waals surface area contributed by atoms with Crippen LogP contribution in [0.25, 0.3) is 0 Å². The van der Waals surface area contributed by atoms with Crippen molar-refractivity contribution in [2.24, 2.45) is 29.6 Å². The van der Waals surface area contributed by atoms with Crippen molar-refractivity contribution >= 4 is 5.91 Å².